The first-order chi connectivity index (χ1) is 14.8. The van der Waals surface area contributed by atoms with E-state index in [0.717, 1.165) is 89.3 Å². The molecule has 0 spiro atoms. The smallest absolute Gasteiger partial charge is 0.191 e. The molecule has 170 valence electrons. The lowest BCUT2D eigenvalue weighted by atomic mass is 10.1. The van der Waals surface area contributed by atoms with E-state index in [1.54, 1.807) is 0 Å². The molecule has 2 unspecified atom stereocenters. The molecule has 0 bridgehead atoms. The van der Waals surface area contributed by atoms with Crippen LogP contribution in [0.5, 0.6) is 0 Å². The average Bonchev–Trinajstić information content (AvgIpc) is 3.43. The van der Waals surface area contributed by atoms with Crippen molar-refractivity contribution in [1.29, 1.82) is 0 Å². The molecular formula is C22H38N4O4. The number of morpholine rings is 1. The van der Waals surface area contributed by atoms with Crippen LogP contribution in [0, 0.1) is 6.92 Å². The summed E-state index contributed by atoms with van der Waals surface area (Å²) in [7, 11) is 0. The predicted molar refractivity (Wildman–Crippen MR) is 117 cm³/mol. The number of hydrogen-bond acceptors (Lipinski definition) is 6. The van der Waals surface area contributed by atoms with Crippen LogP contribution in [0.25, 0.3) is 0 Å². The molecule has 8 heteroatoms. The maximum atomic E-state index is 5.94. The fraction of sp³-hybridized carbons (Fsp3) is 0.773. The van der Waals surface area contributed by atoms with Gasteiger partial charge >= 0.3 is 0 Å². The van der Waals surface area contributed by atoms with Crippen LogP contribution in [-0.4, -0.2) is 82.7 Å². The number of guanidine groups is 1. The third-order valence-electron chi connectivity index (χ3n) is 5.43. The SMILES string of the molecule is CCNC(=NCC(c1ccc(C)o1)N1CCOCC1)NCCCOCC1CCCO1. The van der Waals surface area contributed by atoms with E-state index in [9.17, 15) is 0 Å². The zero-order valence-corrected chi connectivity index (χ0v) is 18.5. The topological polar surface area (TPSA) is 80.5 Å². The van der Waals surface area contributed by atoms with Gasteiger partial charge in [-0.3, -0.25) is 9.89 Å². The largest absolute Gasteiger partial charge is 0.465 e. The van der Waals surface area contributed by atoms with Gasteiger partial charge < -0.3 is 29.3 Å². The second-order valence-corrected chi connectivity index (χ2v) is 7.82. The van der Waals surface area contributed by atoms with E-state index in [2.05, 4.69) is 28.5 Å². The van der Waals surface area contributed by atoms with Gasteiger partial charge in [-0.1, -0.05) is 0 Å². The van der Waals surface area contributed by atoms with Crippen molar-refractivity contribution in [3.8, 4) is 0 Å². The molecule has 1 aromatic heterocycles. The van der Waals surface area contributed by atoms with Gasteiger partial charge in [0.15, 0.2) is 5.96 Å². The Balaban J connectivity index is 1.46. The molecule has 2 fully saturated rings. The van der Waals surface area contributed by atoms with Crippen molar-refractivity contribution in [3.05, 3.63) is 23.7 Å². The molecule has 0 aliphatic carbocycles. The molecule has 2 aliphatic heterocycles. The Kier molecular flexibility index (Phi) is 9.95. The lowest BCUT2D eigenvalue weighted by Gasteiger charge is -2.32. The van der Waals surface area contributed by atoms with Crippen molar-refractivity contribution in [2.45, 2.75) is 45.3 Å². The molecule has 0 aromatic carbocycles. The van der Waals surface area contributed by atoms with E-state index in [-0.39, 0.29) is 6.04 Å². The summed E-state index contributed by atoms with van der Waals surface area (Å²) in [6.45, 7) is 12.0. The van der Waals surface area contributed by atoms with Crippen LogP contribution in [-0.2, 0) is 14.2 Å². The van der Waals surface area contributed by atoms with Crippen molar-refractivity contribution in [3.63, 3.8) is 0 Å². The molecule has 1 aromatic rings. The van der Waals surface area contributed by atoms with E-state index < -0.39 is 0 Å². The summed E-state index contributed by atoms with van der Waals surface area (Å²) in [4.78, 5) is 7.24. The number of nitrogens with zero attached hydrogens (tertiary/aromatic N) is 2. The molecule has 2 aliphatic rings. The summed E-state index contributed by atoms with van der Waals surface area (Å²) < 4.78 is 22.8. The molecule has 3 rings (SSSR count). The lowest BCUT2D eigenvalue weighted by Crippen LogP contribution is -2.42. The third-order valence-corrected chi connectivity index (χ3v) is 5.43. The number of nitrogens with one attached hydrogen (secondary N) is 2. The number of furan rings is 1. The molecule has 0 amide bonds. The summed E-state index contributed by atoms with van der Waals surface area (Å²) in [5.74, 6) is 2.73. The minimum absolute atomic E-state index is 0.118. The minimum atomic E-state index is 0.118. The Bertz CT molecular complexity index is 624. The first-order valence-corrected chi connectivity index (χ1v) is 11.4. The maximum absolute atomic E-state index is 5.94. The second kappa shape index (κ2) is 12.9. The fourth-order valence-electron chi connectivity index (χ4n) is 3.80. The van der Waals surface area contributed by atoms with Crippen LogP contribution in [0.1, 0.15) is 43.7 Å². The Morgan fingerprint density at radius 3 is 2.83 bits per heavy atom. The van der Waals surface area contributed by atoms with Crippen LogP contribution in [0.4, 0.5) is 0 Å². The average molecular weight is 423 g/mol. The van der Waals surface area contributed by atoms with E-state index in [0.29, 0.717) is 19.3 Å². The highest BCUT2D eigenvalue weighted by Crippen LogP contribution is 2.24. The highest BCUT2D eigenvalue weighted by molar-refractivity contribution is 5.79. The van der Waals surface area contributed by atoms with Gasteiger partial charge in [0.25, 0.3) is 0 Å². The summed E-state index contributed by atoms with van der Waals surface area (Å²) in [5.41, 5.74) is 0. The van der Waals surface area contributed by atoms with Crippen LogP contribution < -0.4 is 10.6 Å². The molecule has 2 atom stereocenters. The van der Waals surface area contributed by atoms with Gasteiger partial charge in [0.05, 0.1) is 38.5 Å². The van der Waals surface area contributed by atoms with Gasteiger partial charge in [0.1, 0.15) is 11.5 Å². The van der Waals surface area contributed by atoms with E-state index in [1.807, 2.05) is 13.0 Å². The molecular weight excluding hydrogens is 384 g/mol. The van der Waals surface area contributed by atoms with E-state index >= 15 is 0 Å². The Morgan fingerprint density at radius 2 is 2.13 bits per heavy atom. The maximum Gasteiger partial charge on any atom is 0.191 e. The van der Waals surface area contributed by atoms with Crippen molar-refractivity contribution < 1.29 is 18.6 Å². The molecule has 0 radical (unpaired) electrons. The normalized spacial score (nSPS) is 21.7. The van der Waals surface area contributed by atoms with Crippen molar-refractivity contribution in [2.24, 2.45) is 4.99 Å². The van der Waals surface area contributed by atoms with Crippen LogP contribution >= 0.6 is 0 Å². The van der Waals surface area contributed by atoms with Gasteiger partial charge in [-0.05, 0) is 45.2 Å². The first kappa shape index (κ1) is 23.1. The molecule has 0 saturated carbocycles. The van der Waals surface area contributed by atoms with Crippen LogP contribution in [0.15, 0.2) is 21.5 Å². The molecule has 2 saturated heterocycles. The highest BCUT2D eigenvalue weighted by Gasteiger charge is 2.25. The zero-order chi connectivity index (χ0) is 21.0. The third kappa shape index (κ3) is 7.58. The molecule has 3 heterocycles. The quantitative estimate of drug-likeness (QED) is 0.321. The number of ether oxygens (including phenoxy) is 3. The summed E-state index contributed by atoms with van der Waals surface area (Å²) >= 11 is 0. The highest BCUT2D eigenvalue weighted by atomic mass is 16.5. The predicted octanol–water partition coefficient (Wildman–Crippen LogP) is 2.10. The number of aliphatic imine (C=N–C) groups is 1. The van der Waals surface area contributed by atoms with Gasteiger partial charge in [0.2, 0.25) is 0 Å². The standard InChI is InChI=1S/C22H38N4O4/c1-3-23-22(24-9-5-12-28-17-19-6-4-13-29-19)25-16-20(21-8-7-18(2)30-21)26-10-14-27-15-11-26/h7-8,19-20H,3-6,9-17H2,1-2H3,(H2,23,24,25). The van der Waals surface area contributed by atoms with Gasteiger partial charge in [0, 0.05) is 39.4 Å². The summed E-state index contributed by atoms with van der Waals surface area (Å²) in [6.07, 6.45) is 3.50. The number of rotatable bonds is 11. The van der Waals surface area contributed by atoms with Crippen molar-refractivity contribution >= 4 is 5.96 Å². The van der Waals surface area contributed by atoms with Crippen molar-refractivity contribution in [1.82, 2.24) is 15.5 Å². The Hall–Kier alpha value is -1.61. The monoisotopic (exact) mass is 422 g/mol. The minimum Gasteiger partial charge on any atom is -0.465 e. The number of aryl methyl sites for hydroxylation is 1. The van der Waals surface area contributed by atoms with Crippen LogP contribution in [0.3, 0.4) is 0 Å². The second-order valence-electron chi connectivity index (χ2n) is 7.82. The Labute approximate surface area is 180 Å². The molecule has 2 N–H and O–H groups in total. The first-order valence-electron chi connectivity index (χ1n) is 11.4. The molecule has 8 nitrogen and oxygen atoms in total. The summed E-state index contributed by atoms with van der Waals surface area (Å²) in [5, 5.41) is 6.76. The van der Waals surface area contributed by atoms with Crippen LogP contribution in [0.2, 0.25) is 0 Å². The molecule has 30 heavy (non-hydrogen) atoms. The van der Waals surface area contributed by atoms with Crippen molar-refractivity contribution in [2.75, 3.05) is 65.8 Å². The van der Waals surface area contributed by atoms with E-state index in [4.69, 9.17) is 23.6 Å². The zero-order valence-electron chi connectivity index (χ0n) is 18.5. The Morgan fingerprint density at radius 1 is 1.27 bits per heavy atom. The fourth-order valence-corrected chi connectivity index (χ4v) is 3.80. The lowest BCUT2D eigenvalue weighted by molar-refractivity contribution is 0.0135. The van der Waals surface area contributed by atoms with Gasteiger partial charge in [-0.15, -0.1) is 0 Å². The van der Waals surface area contributed by atoms with Gasteiger partial charge in [-0.25, -0.2) is 0 Å². The number of hydrogen-bond donors (Lipinski definition) is 2. The summed E-state index contributed by atoms with van der Waals surface area (Å²) in [6, 6.07) is 4.20. The van der Waals surface area contributed by atoms with E-state index in [1.165, 1.54) is 0 Å². The van der Waals surface area contributed by atoms with Gasteiger partial charge in [-0.2, -0.15) is 0 Å².